The fourth-order valence-corrected chi connectivity index (χ4v) is 3.78. The highest BCUT2D eigenvalue weighted by molar-refractivity contribution is 6.05. The van der Waals surface area contributed by atoms with Gasteiger partial charge in [0.15, 0.2) is 0 Å². The zero-order valence-electron chi connectivity index (χ0n) is 15.9. The molecular weight excluding hydrogens is 372 g/mol. The van der Waals surface area contributed by atoms with E-state index in [1.165, 1.54) is 4.90 Å². The third-order valence-electron chi connectivity index (χ3n) is 5.32. The maximum atomic E-state index is 12.4. The molecule has 0 unspecified atom stereocenters. The molecule has 8 nitrogen and oxygen atoms in total. The molecule has 2 atom stereocenters. The second-order valence-electron chi connectivity index (χ2n) is 7.24. The molecule has 1 saturated heterocycles. The first-order chi connectivity index (χ1) is 14.1. The number of fused-ring (bicyclic) bond motifs is 1. The Morgan fingerprint density at radius 2 is 1.79 bits per heavy atom. The molecule has 29 heavy (non-hydrogen) atoms. The standard InChI is InChI=1S/C21H22N4O4/c26-17(22-13-18-23-19(24-29-18)14-7-2-1-3-8-14)11-6-12-25-20(27)15-9-4-5-10-16(15)21(25)28/h1-5,7-8,15-16H,6,9-13H2,(H,22,26)/t15-,16-/m0/s1. The van der Waals surface area contributed by atoms with Gasteiger partial charge in [-0.1, -0.05) is 47.6 Å². The highest BCUT2D eigenvalue weighted by atomic mass is 16.5. The number of benzene rings is 1. The minimum Gasteiger partial charge on any atom is -0.347 e. The first kappa shape index (κ1) is 19.0. The maximum Gasteiger partial charge on any atom is 0.246 e. The van der Waals surface area contributed by atoms with Gasteiger partial charge in [-0.15, -0.1) is 0 Å². The molecule has 0 bridgehead atoms. The van der Waals surface area contributed by atoms with Crippen molar-refractivity contribution < 1.29 is 18.9 Å². The van der Waals surface area contributed by atoms with E-state index in [1.54, 1.807) is 0 Å². The van der Waals surface area contributed by atoms with E-state index in [4.69, 9.17) is 4.52 Å². The minimum atomic E-state index is -0.224. The van der Waals surface area contributed by atoms with Crippen LogP contribution in [0.5, 0.6) is 0 Å². The molecule has 0 saturated carbocycles. The quantitative estimate of drug-likeness (QED) is 0.569. The molecule has 1 N–H and O–H groups in total. The number of likely N-dealkylation sites (tertiary alicyclic amines) is 1. The highest BCUT2D eigenvalue weighted by Crippen LogP contribution is 2.35. The second kappa shape index (κ2) is 8.38. The number of carbonyl (C=O) groups is 3. The largest absolute Gasteiger partial charge is 0.347 e. The number of rotatable bonds is 7. The second-order valence-corrected chi connectivity index (χ2v) is 7.24. The summed E-state index contributed by atoms with van der Waals surface area (Å²) >= 11 is 0. The Kier molecular flexibility index (Phi) is 5.50. The predicted octanol–water partition coefficient (Wildman–Crippen LogP) is 2.08. The van der Waals surface area contributed by atoms with Gasteiger partial charge in [0.25, 0.3) is 0 Å². The molecule has 2 aromatic rings. The number of aromatic nitrogens is 2. The van der Waals surface area contributed by atoms with Gasteiger partial charge in [-0.2, -0.15) is 4.98 Å². The van der Waals surface area contributed by atoms with Crippen molar-refractivity contribution in [2.45, 2.75) is 32.2 Å². The van der Waals surface area contributed by atoms with Crippen molar-refractivity contribution in [1.29, 1.82) is 0 Å². The van der Waals surface area contributed by atoms with Crippen LogP contribution in [0.2, 0.25) is 0 Å². The van der Waals surface area contributed by atoms with E-state index in [2.05, 4.69) is 15.5 Å². The van der Waals surface area contributed by atoms with E-state index in [9.17, 15) is 14.4 Å². The van der Waals surface area contributed by atoms with E-state index in [1.807, 2.05) is 42.5 Å². The molecule has 2 heterocycles. The SMILES string of the molecule is O=C(CCCN1C(=O)[C@H]2CC=CC[C@@H]2C1=O)NCc1nc(-c2ccccc2)no1. The van der Waals surface area contributed by atoms with Gasteiger partial charge < -0.3 is 9.84 Å². The van der Waals surface area contributed by atoms with E-state index >= 15 is 0 Å². The molecule has 1 fully saturated rings. The van der Waals surface area contributed by atoms with Gasteiger partial charge in [-0.25, -0.2) is 0 Å². The molecule has 1 aliphatic heterocycles. The molecule has 0 radical (unpaired) electrons. The van der Waals surface area contributed by atoms with Gasteiger partial charge in [-0.05, 0) is 19.3 Å². The summed E-state index contributed by atoms with van der Waals surface area (Å²) in [5.74, 6) is -0.0679. The molecule has 0 spiro atoms. The van der Waals surface area contributed by atoms with Crippen molar-refractivity contribution in [1.82, 2.24) is 20.4 Å². The van der Waals surface area contributed by atoms with Crippen LogP contribution in [0.3, 0.4) is 0 Å². The summed E-state index contributed by atoms with van der Waals surface area (Å²) < 4.78 is 5.16. The van der Waals surface area contributed by atoms with Gasteiger partial charge in [0.2, 0.25) is 29.4 Å². The average molecular weight is 394 g/mol. The van der Waals surface area contributed by atoms with Crippen molar-refractivity contribution in [2.75, 3.05) is 6.54 Å². The fraction of sp³-hybridized carbons (Fsp3) is 0.381. The first-order valence-corrected chi connectivity index (χ1v) is 9.78. The number of hydrogen-bond acceptors (Lipinski definition) is 6. The summed E-state index contributed by atoms with van der Waals surface area (Å²) in [4.78, 5) is 42.5. The Bertz CT molecular complexity index is 911. The lowest BCUT2D eigenvalue weighted by molar-refractivity contribution is -0.140. The van der Waals surface area contributed by atoms with Crippen molar-refractivity contribution in [2.24, 2.45) is 11.8 Å². The molecule has 1 aliphatic carbocycles. The third kappa shape index (κ3) is 4.11. The van der Waals surface area contributed by atoms with Crippen LogP contribution in [0.4, 0.5) is 0 Å². The normalized spacial score (nSPS) is 20.8. The predicted molar refractivity (Wildman–Crippen MR) is 103 cm³/mol. The summed E-state index contributed by atoms with van der Waals surface area (Å²) in [6.45, 7) is 0.410. The lowest BCUT2D eigenvalue weighted by Crippen LogP contribution is -2.33. The van der Waals surface area contributed by atoms with Crippen molar-refractivity contribution in [3.8, 4) is 11.4 Å². The molecule has 8 heteroatoms. The fourth-order valence-electron chi connectivity index (χ4n) is 3.78. The van der Waals surface area contributed by atoms with Crippen LogP contribution in [-0.2, 0) is 20.9 Å². The number of nitrogens with one attached hydrogen (secondary N) is 1. The summed E-state index contributed by atoms with van der Waals surface area (Å²) in [7, 11) is 0. The number of carbonyl (C=O) groups excluding carboxylic acids is 3. The summed E-state index contributed by atoms with van der Waals surface area (Å²) in [6.07, 6.45) is 5.82. The highest BCUT2D eigenvalue weighted by Gasteiger charge is 2.46. The average Bonchev–Trinajstić information content (AvgIpc) is 3.32. The molecule has 2 aliphatic rings. The molecule has 3 amide bonds. The van der Waals surface area contributed by atoms with Gasteiger partial charge in [0.05, 0.1) is 18.4 Å². The Balaban J connectivity index is 1.22. The van der Waals surface area contributed by atoms with Gasteiger partial charge in [0, 0.05) is 18.5 Å². The van der Waals surface area contributed by atoms with Crippen molar-refractivity contribution in [3.05, 3.63) is 48.4 Å². The van der Waals surface area contributed by atoms with Crippen LogP contribution in [0.25, 0.3) is 11.4 Å². The maximum absolute atomic E-state index is 12.4. The Labute approximate surface area is 168 Å². The summed E-state index contributed by atoms with van der Waals surface area (Å²) in [5.41, 5.74) is 0.838. The van der Waals surface area contributed by atoms with Gasteiger partial charge in [-0.3, -0.25) is 19.3 Å². The van der Waals surface area contributed by atoms with Gasteiger partial charge >= 0.3 is 0 Å². The van der Waals surface area contributed by atoms with Crippen LogP contribution in [0, 0.1) is 11.8 Å². The van der Waals surface area contributed by atoms with Gasteiger partial charge in [0.1, 0.15) is 0 Å². The van der Waals surface area contributed by atoms with E-state index in [-0.39, 0.29) is 49.1 Å². The lowest BCUT2D eigenvalue weighted by Gasteiger charge is -2.14. The number of imide groups is 1. The molecule has 1 aromatic heterocycles. The van der Waals surface area contributed by atoms with Crippen LogP contribution in [0.15, 0.2) is 47.0 Å². The zero-order valence-corrected chi connectivity index (χ0v) is 15.9. The first-order valence-electron chi connectivity index (χ1n) is 9.78. The molecular formula is C21H22N4O4. The van der Waals surface area contributed by atoms with Crippen LogP contribution < -0.4 is 5.32 Å². The molecule has 4 rings (SSSR count). The topological polar surface area (TPSA) is 105 Å². The number of amides is 3. The molecule has 150 valence electrons. The minimum absolute atomic E-state index is 0.107. The number of nitrogens with zero attached hydrogens (tertiary/aromatic N) is 3. The van der Waals surface area contributed by atoms with Crippen LogP contribution >= 0.6 is 0 Å². The van der Waals surface area contributed by atoms with E-state index in [0.717, 1.165) is 5.56 Å². The van der Waals surface area contributed by atoms with Crippen LogP contribution in [0.1, 0.15) is 31.6 Å². The third-order valence-corrected chi connectivity index (χ3v) is 5.32. The summed E-state index contributed by atoms with van der Waals surface area (Å²) in [5, 5.41) is 6.63. The molecule has 1 aromatic carbocycles. The van der Waals surface area contributed by atoms with Crippen molar-refractivity contribution in [3.63, 3.8) is 0 Å². The lowest BCUT2D eigenvalue weighted by atomic mass is 9.85. The monoisotopic (exact) mass is 394 g/mol. The Morgan fingerprint density at radius 1 is 1.10 bits per heavy atom. The zero-order chi connectivity index (χ0) is 20.2. The smallest absolute Gasteiger partial charge is 0.246 e. The van der Waals surface area contributed by atoms with Crippen LogP contribution in [-0.4, -0.2) is 39.3 Å². The Hall–Kier alpha value is -3.29. The van der Waals surface area contributed by atoms with E-state index < -0.39 is 0 Å². The number of hydrogen-bond donors (Lipinski definition) is 1. The van der Waals surface area contributed by atoms with Crippen molar-refractivity contribution >= 4 is 17.7 Å². The Morgan fingerprint density at radius 3 is 2.48 bits per heavy atom. The number of allylic oxidation sites excluding steroid dienone is 2. The summed E-state index contributed by atoms with van der Waals surface area (Å²) in [6, 6.07) is 9.42. The van der Waals surface area contributed by atoms with E-state index in [0.29, 0.717) is 31.0 Å².